The lowest BCUT2D eigenvalue weighted by Gasteiger charge is -2.09. The second-order valence-electron chi connectivity index (χ2n) is 3.60. The van der Waals surface area contributed by atoms with E-state index in [1.165, 1.54) is 12.8 Å². The van der Waals surface area contributed by atoms with Crippen LogP contribution >= 0.6 is 0 Å². The van der Waals surface area contributed by atoms with Crippen molar-refractivity contribution in [2.75, 3.05) is 0 Å². The van der Waals surface area contributed by atoms with Gasteiger partial charge in [0.25, 0.3) is 0 Å². The Labute approximate surface area is 78.0 Å². The van der Waals surface area contributed by atoms with E-state index in [2.05, 4.69) is 6.07 Å². The first-order valence-electron chi connectivity index (χ1n) is 4.57. The molecule has 13 heavy (non-hydrogen) atoms. The van der Waals surface area contributed by atoms with Crippen LogP contribution in [-0.2, 0) is 0 Å². The third kappa shape index (κ3) is 1.71. The first-order chi connectivity index (χ1) is 6.31. The summed E-state index contributed by atoms with van der Waals surface area (Å²) in [5, 5.41) is 8.61. The van der Waals surface area contributed by atoms with Gasteiger partial charge in [-0.2, -0.15) is 5.26 Å². The minimum atomic E-state index is 0.174. The first-order valence-corrected chi connectivity index (χ1v) is 4.57. The number of hydrogen-bond acceptors (Lipinski definition) is 2. The number of nitrogens with zero attached hydrogens (tertiary/aromatic N) is 1. The molecule has 1 fully saturated rings. The summed E-state index contributed by atoms with van der Waals surface area (Å²) in [6.07, 6.45) is 2.50. The van der Waals surface area contributed by atoms with Crippen LogP contribution in [-0.4, -0.2) is 0 Å². The first kappa shape index (κ1) is 8.28. The standard InChI is InChI=1S/C11H12N2/c12-7-8-1-3-9(4-2-8)11(13)10-5-6-10/h1-4,10-11H,5-6,13H2/t11-/m0/s1. The van der Waals surface area contributed by atoms with E-state index in [-0.39, 0.29) is 6.04 Å². The van der Waals surface area contributed by atoms with Crippen LogP contribution in [0.15, 0.2) is 24.3 Å². The highest BCUT2D eigenvalue weighted by Gasteiger charge is 2.29. The molecule has 0 heterocycles. The number of hydrogen-bond donors (Lipinski definition) is 1. The average molecular weight is 172 g/mol. The molecule has 0 unspecified atom stereocenters. The molecule has 0 saturated heterocycles. The highest BCUT2D eigenvalue weighted by atomic mass is 14.7. The van der Waals surface area contributed by atoms with Gasteiger partial charge < -0.3 is 5.73 Å². The molecular weight excluding hydrogens is 160 g/mol. The maximum Gasteiger partial charge on any atom is 0.0991 e. The number of rotatable bonds is 2. The summed E-state index contributed by atoms with van der Waals surface area (Å²) in [4.78, 5) is 0. The second-order valence-corrected chi connectivity index (χ2v) is 3.60. The van der Waals surface area contributed by atoms with Crippen molar-refractivity contribution in [3.8, 4) is 6.07 Å². The fraction of sp³-hybridized carbons (Fsp3) is 0.364. The zero-order chi connectivity index (χ0) is 9.26. The highest BCUT2D eigenvalue weighted by molar-refractivity contribution is 5.33. The van der Waals surface area contributed by atoms with Gasteiger partial charge in [-0.05, 0) is 36.5 Å². The van der Waals surface area contributed by atoms with Crippen molar-refractivity contribution in [3.05, 3.63) is 35.4 Å². The molecule has 66 valence electrons. The molecule has 1 aromatic carbocycles. The zero-order valence-electron chi connectivity index (χ0n) is 7.40. The van der Waals surface area contributed by atoms with Gasteiger partial charge in [-0.25, -0.2) is 0 Å². The van der Waals surface area contributed by atoms with Crippen molar-refractivity contribution in [1.29, 1.82) is 5.26 Å². The van der Waals surface area contributed by atoms with E-state index in [1.54, 1.807) is 0 Å². The maximum absolute atomic E-state index is 8.61. The van der Waals surface area contributed by atoms with Gasteiger partial charge in [-0.15, -0.1) is 0 Å². The normalized spacial score (nSPS) is 17.8. The molecule has 1 atom stereocenters. The average Bonchev–Trinajstić information content (AvgIpc) is 3.00. The molecule has 1 aliphatic rings. The molecule has 0 bridgehead atoms. The summed E-state index contributed by atoms with van der Waals surface area (Å²) in [5.41, 5.74) is 7.86. The largest absolute Gasteiger partial charge is 0.324 e. The summed E-state index contributed by atoms with van der Waals surface area (Å²) in [7, 11) is 0. The van der Waals surface area contributed by atoms with Crippen molar-refractivity contribution >= 4 is 0 Å². The van der Waals surface area contributed by atoms with Crippen LogP contribution in [0.25, 0.3) is 0 Å². The van der Waals surface area contributed by atoms with E-state index in [0.717, 1.165) is 5.56 Å². The van der Waals surface area contributed by atoms with Crippen molar-refractivity contribution < 1.29 is 0 Å². The molecule has 2 rings (SSSR count). The van der Waals surface area contributed by atoms with Crippen molar-refractivity contribution in [1.82, 2.24) is 0 Å². The van der Waals surface area contributed by atoms with Gasteiger partial charge >= 0.3 is 0 Å². The van der Waals surface area contributed by atoms with Gasteiger partial charge in [0.15, 0.2) is 0 Å². The fourth-order valence-electron chi connectivity index (χ4n) is 1.51. The van der Waals surface area contributed by atoms with Crippen LogP contribution in [0.3, 0.4) is 0 Å². The lowest BCUT2D eigenvalue weighted by Crippen LogP contribution is -2.11. The Morgan fingerprint density at radius 2 is 1.92 bits per heavy atom. The third-order valence-electron chi connectivity index (χ3n) is 2.55. The van der Waals surface area contributed by atoms with Crippen LogP contribution in [0, 0.1) is 17.2 Å². The molecule has 0 radical (unpaired) electrons. The predicted molar refractivity (Wildman–Crippen MR) is 50.8 cm³/mol. The smallest absolute Gasteiger partial charge is 0.0991 e. The van der Waals surface area contributed by atoms with E-state index in [9.17, 15) is 0 Å². The van der Waals surface area contributed by atoms with Crippen LogP contribution in [0.2, 0.25) is 0 Å². The number of benzene rings is 1. The SMILES string of the molecule is N#Cc1ccc([C@H](N)C2CC2)cc1. The Morgan fingerprint density at radius 3 is 2.38 bits per heavy atom. The highest BCUT2D eigenvalue weighted by Crippen LogP contribution is 2.39. The molecule has 0 aromatic heterocycles. The Balaban J connectivity index is 2.17. The number of nitrogens with two attached hydrogens (primary N) is 1. The molecule has 2 N–H and O–H groups in total. The molecular formula is C11H12N2. The van der Waals surface area contributed by atoms with Gasteiger partial charge in [-0.3, -0.25) is 0 Å². The van der Waals surface area contributed by atoms with Gasteiger partial charge in [0.1, 0.15) is 0 Å². The predicted octanol–water partition coefficient (Wildman–Crippen LogP) is 1.97. The van der Waals surface area contributed by atoms with Gasteiger partial charge in [0.05, 0.1) is 11.6 Å². The molecule has 1 saturated carbocycles. The third-order valence-corrected chi connectivity index (χ3v) is 2.55. The Bertz CT molecular complexity index is 330. The van der Waals surface area contributed by atoms with Gasteiger partial charge in [-0.1, -0.05) is 12.1 Å². The maximum atomic E-state index is 8.61. The molecule has 1 aromatic rings. The zero-order valence-corrected chi connectivity index (χ0v) is 7.40. The quantitative estimate of drug-likeness (QED) is 0.741. The Kier molecular flexibility index (Phi) is 2.03. The van der Waals surface area contributed by atoms with E-state index in [0.29, 0.717) is 11.5 Å². The summed E-state index contributed by atoms with van der Waals surface area (Å²) in [6, 6.07) is 9.85. The lowest BCUT2D eigenvalue weighted by atomic mass is 10.0. The van der Waals surface area contributed by atoms with E-state index >= 15 is 0 Å². The van der Waals surface area contributed by atoms with E-state index in [4.69, 9.17) is 11.0 Å². The summed E-state index contributed by atoms with van der Waals surface area (Å²) < 4.78 is 0. The fourth-order valence-corrected chi connectivity index (χ4v) is 1.51. The molecule has 2 heteroatoms. The van der Waals surface area contributed by atoms with E-state index in [1.807, 2.05) is 24.3 Å². The second kappa shape index (κ2) is 3.20. The topological polar surface area (TPSA) is 49.8 Å². The van der Waals surface area contributed by atoms with Crippen molar-refractivity contribution in [2.45, 2.75) is 18.9 Å². The Hall–Kier alpha value is -1.33. The summed E-state index contributed by atoms with van der Waals surface area (Å²) in [5.74, 6) is 0.674. The lowest BCUT2D eigenvalue weighted by molar-refractivity contribution is 0.633. The van der Waals surface area contributed by atoms with Crippen LogP contribution in [0.4, 0.5) is 0 Å². The molecule has 1 aliphatic carbocycles. The monoisotopic (exact) mass is 172 g/mol. The molecule has 2 nitrogen and oxygen atoms in total. The van der Waals surface area contributed by atoms with Crippen LogP contribution in [0.1, 0.15) is 30.0 Å². The number of nitriles is 1. The van der Waals surface area contributed by atoms with Crippen molar-refractivity contribution in [2.24, 2.45) is 11.7 Å². The van der Waals surface area contributed by atoms with Crippen LogP contribution < -0.4 is 5.73 Å². The summed E-state index contributed by atoms with van der Waals surface area (Å²) >= 11 is 0. The molecule has 0 amide bonds. The van der Waals surface area contributed by atoms with E-state index < -0.39 is 0 Å². The Morgan fingerprint density at radius 1 is 1.31 bits per heavy atom. The minimum absolute atomic E-state index is 0.174. The minimum Gasteiger partial charge on any atom is -0.324 e. The van der Waals surface area contributed by atoms with Crippen LogP contribution in [0.5, 0.6) is 0 Å². The molecule has 0 spiro atoms. The molecule has 0 aliphatic heterocycles. The van der Waals surface area contributed by atoms with Crippen molar-refractivity contribution in [3.63, 3.8) is 0 Å². The summed E-state index contributed by atoms with van der Waals surface area (Å²) in [6.45, 7) is 0. The van der Waals surface area contributed by atoms with Gasteiger partial charge in [0, 0.05) is 6.04 Å². The van der Waals surface area contributed by atoms with Gasteiger partial charge in [0.2, 0.25) is 0 Å².